The Balaban J connectivity index is 1.69. The molecule has 4 aromatic rings. The molecule has 0 saturated carbocycles. The Morgan fingerprint density at radius 1 is 0.939 bits per heavy atom. The number of fused-ring (bicyclic) bond motifs is 1. The highest BCUT2D eigenvalue weighted by molar-refractivity contribution is 9.10. The molecule has 4 rings (SSSR count). The predicted octanol–water partition coefficient (Wildman–Crippen LogP) is 6.41. The number of hydrogen-bond acceptors (Lipinski definition) is 5. The molecule has 1 heterocycles. The van der Waals surface area contributed by atoms with Gasteiger partial charge in [-0.3, -0.25) is 4.79 Å². The maximum absolute atomic E-state index is 13.2. The van der Waals surface area contributed by atoms with Crippen LogP contribution < -0.4 is 4.74 Å². The normalized spacial score (nSPS) is 11.8. The molecule has 0 spiro atoms. The molecule has 0 radical (unpaired) electrons. The summed E-state index contributed by atoms with van der Waals surface area (Å²) in [6.07, 6.45) is -0.931. The van der Waals surface area contributed by atoms with E-state index in [1.165, 1.54) is 0 Å². The Morgan fingerprint density at radius 3 is 2.30 bits per heavy atom. The van der Waals surface area contributed by atoms with Gasteiger partial charge in [0.05, 0.1) is 23.9 Å². The third-order valence-corrected chi connectivity index (χ3v) is 5.86. The molecule has 3 aromatic carbocycles. The number of carbonyl (C=O) groups excluding carboxylic acids is 2. The Morgan fingerprint density at radius 2 is 1.64 bits per heavy atom. The lowest BCUT2D eigenvalue weighted by atomic mass is 10.0. The number of Topliss-reactive ketones (excluding diaryl/α,β-unsaturated/α-hetero) is 1. The smallest absolute Gasteiger partial charge is 0.339 e. The fraction of sp³-hybridized carbons (Fsp3) is 0.148. The molecule has 0 aliphatic carbocycles. The van der Waals surface area contributed by atoms with Crippen LogP contribution in [0.15, 0.2) is 77.3 Å². The van der Waals surface area contributed by atoms with Crippen LogP contribution in [0.25, 0.3) is 22.2 Å². The molecule has 1 unspecified atom stereocenters. The summed E-state index contributed by atoms with van der Waals surface area (Å²) in [6, 6.07) is 21.8. The van der Waals surface area contributed by atoms with E-state index in [4.69, 9.17) is 14.5 Å². The highest BCUT2D eigenvalue weighted by Gasteiger charge is 2.23. The molecule has 33 heavy (non-hydrogen) atoms. The lowest BCUT2D eigenvalue weighted by molar-refractivity contribution is 0.0320. The van der Waals surface area contributed by atoms with Crippen molar-refractivity contribution in [1.82, 2.24) is 4.98 Å². The average molecular weight is 504 g/mol. The van der Waals surface area contributed by atoms with Crippen LogP contribution in [-0.2, 0) is 4.74 Å². The number of esters is 1. The molecule has 6 heteroatoms. The Bertz CT molecular complexity index is 1330. The van der Waals surface area contributed by atoms with E-state index in [1.54, 1.807) is 32.2 Å². The zero-order valence-corrected chi connectivity index (χ0v) is 20.0. The molecule has 0 aliphatic rings. The van der Waals surface area contributed by atoms with Gasteiger partial charge in [-0.25, -0.2) is 9.78 Å². The number of aromatic nitrogens is 1. The van der Waals surface area contributed by atoms with Crippen LogP contribution in [-0.4, -0.2) is 30.0 Å². The molecule has 0 N–H and O–H groups in total. The molecule has 1 atom stereocenters. The van der Waals surface area contributed by atoms with Gasteiger partial charge in [0.1, 0.15) is 5.75 Å². The molecule has 0 fully saturated rings. The highest BCUT2D eigenvalue weighted by Crippen LogP contribution is 2.29. The second kappa shape index (κ2) is 9.55. The van der Waals surface area contributed by atoms with E-state index in [9.17, 15) is 9.59 Å². The predicted molar refractivity (Wildman–Crippen MR) is 132 cm³/mol. The summed E-state index contributed by atoms with van der Waals surface area (Å²) < 4.78 is 11.6. The summed E-state index contributed by atoms with van der Waals surface area (Å²) in [7, 11) is 1.61. The minimum absolute atomic E-state index is 0.252. The molecule has 0 aliphatic heterocycles. The van der Waals surface area contributed by atoms with Gasteiger partial charge >= 0.3 is 5.97 Å². The van der Waals surface area contributed by atoms with E-state index < -0.39 is 12.1 Å². The first kappa shape index (κ1) is 22.7. The Hall–Kier alpha value is -3.51. The second-order valence-corrected chi connectivity index (χ2v) is 8.64. The number of pyridine rings is 1. The molecule has 5 nitrogen and oxygen atoms in total. The van der Waals surface area contributed by atoms with Gasteiger partial charge in [0.2, 0.25) is 5.78 Å². The standard InChI is InChI=1S/C27H22BrNO4/c1-16-4-6-19(7-5-16)26(30)17(2)33-27(31)23-15-25(18-8-11-21(32-3)12-9-18)29-24-13-10-20(28)14-22(23)24/h4-15,17H,1-3H3. The monoisotopic (exact) mass is 503 g/mol. The van der Waals surface area contributed by atoms with Gasteiger partial charge in [-0.2, -0.15) is 0 Å². The van der Waals surface area contributed by atoms with Crippen molar-refractivity contribution in [1.29, 1.82) is 0 Å². The second-order valence-electron chi connectivity index (χ2n) is 7.72. The van der Waals surface area contributed by atoms with Crippen molar-refractivity contribution in [2.24, 2.45) is 0 Å². The van der Waals surface area contributed by atoms with Crippen molar-refractivity contribution in [2.45, 2.75) is 20.0 Å². The van der Waals surface area contributed by atoms with Crippen molar-refractivity contribution in [2.75, 3.05) is 7.11 Å². The first-order chi connectivity index (χ1) is 15.9. The maximum atomic E-state index is 13.2. The van der Waals surface area contributed by atoms with Crippen molar-refractivity contribution >= 4 is 38.6 Å². The van der Waals surface area contributed by atoms with E-state index in [1.807, 2.05) is 61.5 Å². The largest absolute Gasteiger partial charge is 0.497 e. The number of carbonyl (C=O) groups is 2. The van der Waals surface area contributed by atoms with E-state index >= 15 is 0 Å². The minimum Gasteiger partial charge on any atom is -0.497 e. The number of ketones is 1. The number of hydrogen-bond donors (Lipinski definition) is 0. The summed E-state index contributed by atoms with van der Waals surface area (Å²) >= 11 is 3.46. The van der Waals surface area contributed by atoms with Crippen LogP contribution >= 0.6 is 15.9 Å². The summed E-state index contributed by atoms with van der Waals surface area (Å²) in [5.74, 6) is -0.104. The van der Waals surface area contributed by atoms with Crippen LogP contribution in [0, 0.1) is 6.92 Å². The van der Waals surface area contributed by atoms with Gasteiger partial charge in [-0.15, -0.1) is 0 Å². The lowest BCUT2D eigenvalue weighted by Crippen LogP contribution is -2.24. The van der Waals surface area contributed by atoms with E-state index in [0.29, 0.717) is 27.7 Å². The lowest BCUT2D eigenvalue weighted by Gasteiger charge is -2.15. The number of aryl methyl sites for hydroxylation is 1. The minimum atomic E-state index is -0.931. The van der Waals surface area contributed by atoms with Crippen LogP contribution in [0.4, 0.5) is 0 Å². The molecule has 0 amide bonds. The topological polar surface area (TPSA) is 65.5 Å². The third kappa shape index (κ3) is 4.96. The number of ether oxygens (including phenoxy) is 2. The van der Waals surface area contributed by atoms with Gasteiger partial charge in [0.15, 0.2) is 6.10 Å². The van der Waals surface area contributed by atoms with E-state index in [2.05, 4.69) is 15.9 Å². The quantitative estimate of drug-likeness (QED) is 0.224. The first-order valence-electron chi connectivity index (χ1n) is 10.4. The number of halogens is 1. The SMILES string of the molecule is COc1ccc(-c2cc(C(=O)OC(C)C(=O)c3ccc(C)cc3)c3cc(Br)ccc3n2)cc1. The van der Waals surface area contributed by atoms with Crippen LogP contribution in [0.2, 0.25) is 0 Å². The average Bonchev–Trinajstić information content (AvgIpc) is 2.83. The molecular weight excluding hydrogens is 482 g/mol. The van der Waals surface area contributed by atoms with Crippen molar-refractivity contribution < 1.29 is 19.1 Å². The summed E-state index contributed by atoms with van der Waals surface area (Å²) in [4.78, 5) is 30.7. The summed E-state index contributed by atoms with van der Waals surface area (Å²) in [6.45, 7) is 3.54. The number of methoxy groups -OCH3 is 1. The number of benzene rings is 3. The Kier molecular flexibility index (Phi) is 6.56. The van der Waals surface area contributed by atoms with Crippen molar-refractivity contribution in [3.63, 3.8) is 0 Å². The molecule has 0 bridgehead atoms. The van der Waals surface area contributed by atoms with Crippen LogP contribution in [0.3, 0.4) is 0 Å². The van der Waals surface area contributed by atoms with Gasteiger partial charge in [-0.05, 0) is 62.4 Å². The number of nitrogens with zero attached hydrogens (tertiary/aromatic N) is 1. The zero-order valence-electron chi connectivity index (χ0n) is 18.5. The molecule has 166 valence electrons. The van der Waals surface area contributed by atoms with Crippen LogP contribution in [0.5, 0.6) is 5.75 Å². The van der Waals surface area contributed by atoms with Gasteiger partial charge in [0, 0.05) is 21.0 Å². The highest BCUT2D eigenvalue weighted by atomic mass is 79.9. The van der Waals surface area contributed by atoms with E-state index in [-0.39, 0.29) is 5.78 Å². The Labute approximate surface area is 200 Å². The van der Waals surface area contributed by atoms with Gasteiger partial charge in [-0.1, -0.05) is 45.8 Å². The molecular formula is C27H22BrNO4. The maximum Gasteiger partial charge on any atom is 0.339 e. The molecule has 1 aromatic heterocycles. The van der Waals surface area contributed by atoms with Crippen molar-refractivity contribution in [3.05, 3.63) is 94.0 Å². The fourth-order valence-corrected chi connectivity index (χ4v) is 3.87. The van der Waals surface area contributed by atoms with Crippen molar-refractivity contribution in [3.8, 4) is 17.0 Å². The van der Waals surface area contributed by atoms with Crippen LogP contribution in [0.1, 0.15) is 33.2 Å². The fourth-order valence-electron chi connectivity index (χ4n) is 3.51. The van der Waals surface area contributed by atoms with Gasteiger partial charge < -0.3 is 9.47 Å². The summed E-state index contributed by atoms with van der Waals surface area (Å²) in [5.41, 5.74) is 4.00. The summed E-state index contributed by atoms with van der Waals surface area (Å²) in [5, 5.41) is 0.640. The molecule has 0 saturated heterocycles. The first-order valence-corrected chi connectivity index (χ1v) is 11.2. The third-order valence-electron chi connectivity index (χ3n) is 5.37. The zero-order chi connectivity index (χ0) is 23.5. The van der Waals surface area contributed by atoms with E-state index in [0.717, 1.165) is 21.3 Å². The van der Waals surface area contributed by atoms with Gasteiger partial charge in [0.25, 0.3) is 0 Å². The number of rotatable bonds is 6.